The SMILES string of the molecule is O=C(COC(=O)c1ccc(F)c(S(=O)(=O)N2CCOCC2)c1)c1ccc2c(c1)CCC2. The highest BCUT2D eigenvalue weighted by Gasteiger charge is 2.30. The third-order valence-corrected chi connectivity index (χ3v) is 7.42. The van der Waals surface area contributed by atoms with E-state index in [1.807, 2.05) is 12.1 Å². The normalized spacial score (nSPS) is 16.7. The molecule has 0 bridgehead atoms. The van der Waals surface area contributed by atoms with E-state index in [-0.39, 0.29) is 37.6 Å². The van der Waals surface area contributed by atoms with Crippen LogP contribution in [0.3, 0.4) is 0 Å². The zero-order chi connectivity index (χ0) is 22.0. The molecule has 2 aromatic rings. The molecule has 0 saturated carbocycles. The van der Waals surface area contributed by atoms with Crippen LogP contribution in [0.1, 0.15) is 38.3 Å². The van der Waals surface area contributed by atoms with Crippen LogP contribution in [0.4, 0.5) is 4.39 Å². The number of hydrogen-bond donors (Lipinski definition) is 0. The summed E-state index contributed by atoms with van der Waals surface area (Å²) < 4.78 is 51.1. The van der Waals surface area contributed by atoms with Gasteiger partial charge in [-0.1, -0.05) is 12.1 Å². The van der Waals surface area contributed by atoms with E-state index in [4.69, 9.17) is 9.47 Å². The summed E-state index contributed by atoms with van der Waals surface area (Å²) in [5.74, 6) is -2.21. The van der Waals surface area contributed by atoms with Gasteiger partial charge in [0.15, 0.2) is 12.4 Å². The summed E-state index contributed by atoms with van der Waals surface area (Å²) in [6.07, 6.45) is 2.98. The third-order valence-electron chi connectivity index (χ3n) is 5.51. The second-order valence-corrected chi connectivity index (χ2v) is 9.40. The Kier molecular flexibility index (Phi) is 6.17. The predicted octanol–water partition coefficient (Wildman–Crippen LogP) is 2.38. The number of morpholine rings is 1. The number of rotatable bonds is 6. The second kappa shape index (κ2) is 8.86. The second-order valence-electron chi connectivity index (χ2n) is 7.50. The number of ether oxygens (including phenoxy) is 2. The van der Waals surface area contributed by atoms with Gasteiger partial charge in [-0.3, -0.25) is 4.79 Å². The molecule has 0 aromatic heterocycles. The lowest BCUT2D eigenvalue weighted by Crippen LogP contribution is -2.41. The highest BCUT2D eigenvalue weighted by atomic mass is 32.2. The number of ketones is 1. The number of sulfonamides is 1. The largest absolute Gasteiger partial charge is 0.454 e. The molecule has 7 nitrogen and oxygen atoms in total. The van der Waals surface area contributed by atoms with Gasteiger partial charge in [-0.25, -0.2) is 17.6 Å². The molecule has 1 fully saturated rings. The molecule has 4 rings (SSSR count). The van der Waals surface area contributed by atoms with Crippen molar-refractivity contribution in [3.8, 4) is 0 Å². The van der Waals surface area contributed by atoms with Crippen molar-refractivity contribution in [2.24, 2.45) is 0 Å². The maximum Gasteiger partial charge on any atom is 0.338 e. The van der Waals surface area contributed by atoms with Gasteiger partial charge < -0.3 is 9.47 Å². The zero-order valence-electron chi connectivity index (χ0n) is 16.8. The standard InChI is InChI=1S/C22H22FNO6S/c23-19-7-6-18(13-21(19)31(27,28)24-8-10-29-11-9-24)22(26)30-14-20(25)17-5-4-15-2-1-3-16(15)12-17/h4-7,12-13H,1-3,8-11,14H2. The summed E-state index contributed by atoms with van der Waals surface area (Å²) >= 11 is 0. The Morgan fingerprint density at radius 1 is 1.00 bits per heavy atom. The number of esters is 1. The minimum Gasteiger partial charge on any atom is -0.454 e. The molecule has 0 spiro atoms. The van der Waals surface area contributed by atoms with Crippen LogP contribution >= 0.6 is 0 Å². The Morgan fingerprint density at radius 2 is 1.71 bits per heavy atom. The maximum atomic E-state index is 14.3. The lowest BCUT2D eigenvalue weighted by Gasteiger charge is -2.26. The Hall–Kier alpha value is -2.62. The molecule has 0 unspecified atom stereocenters. The fourth-order valence-electron chi connectivity index (χ4n) is 3.80. The summed E-state index contributed by atoms with van der Waals surface area (Å²) in [5, 5.41) is 0. The van der Waals surface area contributed by atoms with Gasteiger partial charge in [-0.15, -0.1) is 0 Å². The van der Waals surface area contributed by atoms with Crippen LogP contribution in [0, 0.1) is 5.82 Å². The van der Waals surface area contributed by atoms with Gasteiger partial charge in [0.2, 0.25) is 10.0 Å². The van der Waals surface area contributed by atoms with Gasteiger partial charge >= 0.3 is 5.97 Å². The monoisotopic (exact) mass is 447 g/mol. The Balaban J connectivity index is 1.46. The predicted molar refractivity (Wildman–Crippen MR) is 109 cm³/mol. The topological polar surface area (TPSA) is 90.0 Å². The third kappa shape index (κ3) is 4.53. The average Bonchev–Trinajstić information content (AvgIpc) is 3.26. The van der Waals surface area contributed by atoms with Crippen LogP contribution in [-0.2, 0) is 32.3 Å². The van der Waals surface area contributed by atoms with Gasteiger partial charge in [-0.2, -0.15) is 4.31 Å². The summed E-state index contributed by atoms with van der Waals surface area (Å²) in [6.45, 7) is 0.152. The molecular formula is C22H22FNO6S. The van der Waals surface area contributed by atoms with E-state index in [0.717, 1.165) is 47.3 Å². The average molecular weight is 447 g/mol. The Labute approximate surface area is 179 Å². The van der Waals surface area contributed by atoms with E-state index in [9.17, 15) is 22.4 Å². The van der Waals surface area contributed by atoms with Crippen molar-refractivity contribution >= 4 is 21.8 Å². The number of hydrogen-bond acceptors (Lipinski definition) is 6. The van der Waals surface area contributed by atoms with E-state index >= 15 is 0 Å². The molecule has 31 heavy (non-hydrogen) atoms. The number of carbonyl (C=O) groups is 2. The molecule has 1 aliphatic heterocycles. The van der Waals surface area contributed by atoms with Crippen LogP contribution in [0.15, 0.2) is 41.3 Å². The van der Waals surface area contributed by atoms with Gasteiger partial charge in [0.25, 0.3) is 0 Å². The first-order valence-corrected chi connectivity index (χ1v) is 11.5. The van der Waals surface area contributed by atoms with Gasteiger partial charge in [0.1, 0.15) is 10.7 Å². The van der Waals surface area contributed by atoms with E-state index in [1.54, 1.807) is 6.07 Å². The maximum absolute atomic E-state index is 14.3. The number of halogens is 1. The fraction of sp³-hybridized carbons (Fsp3) is 0.364. The van der Waals surface area contributed by atoms with Crippen molar-refractivity contribution in [1.82, 2.24) is 4.31 Å². The van der Waals surface area contributed by atoms with Crippen LogP contribution in [-0.4, -0.2) is 57.4 Å². The lowest BCUT2D eigenvalue weighted by molar-refractivity contribution is 0.0474. The summed E-state index contributed by atoms with van der Waals surface area (Å²) in [5.41, 5.74) is 2.68. The van der Waals surface area contributed by atoms with Crippen molar-refractivity contribution in [2.75, 3.05) is 32.9 Å². The highest BCUT2D eigenvalue weighted by molar-refractivity contribution is 7.89. The van der Waals surface area contributed by atoms with Crippen LogP contribution in [0.25, 0.3) is 0 Å². The van der Waals surface area contributed by atoms with Gasteiger partial charge in [0.05, 0.1) is 18.8 Å². The number of fused-ring (bicyclic) bond motifs is 1. The first kappa shape index (κ1) is 21.6. The molecule has 0 amide bonds. The number of benzene rings is 2. The minimum absolute atomic E-state index is 0.103. The highest BCUT2D eigenvalue weighted by Crippen LogP contribution is 2.24. The van der Waals surface area contributed by atoms with Crippen molar-refractivity contribution in [3.05, 3.63) is 64.5 Å². The van der Waals surface area contributed by atoms with Crippen molar-refractivity contribution in [1.29, 1.82) is 0 Å². The molecule has 2 aliphatic rings. The molecule has 0 N–H and O–H groups in total. The van der Waals surface area contributed by atoms with E-state index in [2.05, 4.69) is 0 Å². The Bertz CT molecular complexity index is 1120. The molecule has 9 heteroatoms. The zero-order valence-corrected chi connectivity index (χ0v) is 17.6. The molecule has 2 aromatic carbocycles. The molecule has 1 aliphatic carbocycles. The molecule has 0 radical (unpaired) electrons. The smallest absolute Gasteiger partial charge is 0.338 e. The number of Topliss-reactive ketones (excluding diaryl/α,β-unsaturated/α-hetero) is 1. The van der Waals surface area contributed by atoms with Crippen LogP contribution < -0.4 is 0 Å². The van der Waals surface area contributed by atoms with E-state index in [1.165, 1.54) is 5.56 Å². The first-order valence-electron chi connectivity index (χ1n) is 10.1. The van der Waals surface area contributed by atoms with Crippen molar-refractivity contribution in [2.45, 2.75) is 24.2 Å². The minimum atomic E-state index is -4.13. The Morgan fingerprint density at radius 3 is 2.48 bits per heavy atom. The molecule has 0 atom stereocenters. The first-order chi connectivity index (χ1) is 14.9. The van der Waals surface area contributed by atoms with E-state index in [0.29, 0.717) is 5.56 Å². The number of aryl methyl sites for hydroxylation is 2. The number of nitrogens with zero attached hydrogens (tertiary/aromatic N) is 1. The van der Waals surface area contributed by atoms with Crippen molar-refractivity contribution in [3.63, 3.8) is 0 Å². The summed E-state index contributed by atoms with van der Waals surface area (Å²) in [6, 6.07) is 8.44. The molecule has 1 saturated heterocycles. The number of carbonyl (C=O) groups excluding carboxylic acids is 2. The lowest BCUT2D eigenvalue weighted by atomic mass is 10.0. The van der Waals surface area contributed by atoms with Gasteiger partial charge in [0, 0.05) is 18.7 Å². The summed E-state index contributed by atoms with van der Waals surface area (Å²) in [7, 11) is -4.13. The molecule has 164 valence electrons. The fourth-order valence-corrected chi connectivity index (χ4v) is 5.30. The van der Waals surface area contributed by atoms with Crippen LogP contribution in [0.2, 0.25) is 0 Å². The summed E-state index contributed by atoms with van der Waals surface area (Å²) in [4.78, 5) is 24.2. The molecule has 1 heterocycles. The van der Waals surface area contributed by atoms with Crippen molar-refractivity contribution < 1.29 is 31.9 Å². The quantitative estimate of drug-likeness (QED) is 0.499. The van der Waals surface area contributed by atoms with E-state index < -0.39 is 33.3 Å². The molecular weight excluding hydrogens is 425 g/mol. The van der Waals surface area contributed by atoms with Gasteiger partial charge in [-0.05, 0) is 54.7 Å². The van der Waals surface area contributed by atoms with Crippen LogP contribution in [0.5, 0.6) is 0 Å².